The number of thiophene rings is 1. The van der Waals surface area contributed by atoms with Gasteiger partial charge in [0.1, 0.15) is 11.1 Å². The van der Waals surface area contributed by atoms with Gasteiger partial charge in [-0.25, -0.2) is 8.42 Å². The van der Waals surface area contributed by atoms with E-state index in [9.17, 15) is 8.42 Å². The van der Waals surface area contributed by atoms with Crippen molar-refractivity contribution in [3.8, 4) is 6.07 Å². The molecule has 0 atom stereocenters. The predicted octanol–water partition coefficient (Wildman–Crippen LogP) is 3.04. The largest absolute Gasteiger partial charge is 0.269 e. The number of nitrogens with one attached hydrogen (secondary N) is 1. The third-order valence-electron chi connectivity index (χ3n) is 2.78. The van der Waals surface area contributed by atoms with Gasteiger partial charge < -0.3 is 0 Å². The number of nitrogens with zero attached hydrogens (tertiary/aromatic N) is 1. The first-order chi connectivity index (χ1) is 8.95. The molecule has 6 heteroatoms. The number of benzene rings is 1. The van der Waals surface area contributed by atoms with Crippen LogP contribution in [0.5, 0.6) is 0 Å². The molecule has 0 spiro atoms. The molecule has 0 saturated carbocycles. The van der Waals surface area contributed by atoms with Crippen molar-refractivity contribution in [1.29, 1.82) is 5.26 Å². The molecule has 19 heavy (non-hydrogen) atoms. The minimum Gasteiger partial charge on any atom is -0.269 e. The van der Waals surface area contributed by atoms with Crippen molar-refractivity contribution in [1.82, 2.24) is 0 Å². The van der Waals surface area contributed by atoms with Crippen LogP contribution < -0.4 is 4.72 Å². The molecule has 0 aliphatic heterocycles. The highest BCUT2D eigenvalue weighted by atomic mass is 32.2. The molecular formula is C13H12N2O2S2. The van der Waals surface area contributed by atoms with Crippen molar-refractivity contribution >= 4 is 26.4 Å². The third-order valence-corrected chi connectivity index (χ3v) is 5.40. The maximum Gasteiger partial charge on any atom is 0.262 e. The number of hydrogen-bond donors (Lipinski definition) is 1. The van der Waals surface area contributed by atoms with Crippen LogP contribution >= 0.6 is 11.3 Å². The highest BCUT2D eigenvalue weighted by Crippen LogP contribution is 2.33. The van der Waals surface area contributed by atoms with Crippen LogP contribution in [0.2, 0.25) is 0 Å². The molecule has 1 heterocycles. The van der Waals surface area contributed by atoms with E-state index in [2.05, 4.69) is 4.72 Å². The minimum atomic E-state index is -3.64. The van der Waals surface area contributed by atoms with Crippen molar-refractivity contribution in [3.63, 3.8) is 0 Å². The van der Waals surface area contributed by atoms with Gasteiger partial charge >= 0.3 is 0 Å². The number of sulfonamides is 1. The Kier molecular flexibility index (Phi) is 3.60. The summed E-state index contributed by atoms with van der Waals surface area (Å²) in [6.07, 6.45) is 0. The molecule has 0 aliphatic carbocycles. The second-order valence-corrected chi connectivity index (χ2v) is 6.92. The summed E-state index contributed by atoms with van der Waals surface area (Å²) in [5.41, 5.74) is 1.21. The topological polar surface area (TPSA) is 70.0 Å². The normalized spacial score (nSPS) is 11.0. The first kappa shape index (κ1) is 13.6. The molecule has 0 fully saturated rings. The molecule has 1 aromatic carbocycles. The molecule has 4 nitrogen and oxygen atoms in total. The predicted molar refractivity (Wildman–Crippen MR) is 75.8 cm³/mol. The average Bonchev–Trinajstić information content (AvgIpc) is 2.65. The zero-order chi connectivity index (χ0) is 14.0. The second-order valence-electron chi connectivity index (χ2n) is 4.02. The highest BCUT2D eigenvalue weighted by molar-refractivity contribution is 7.93. The SMILES string of the molecule is Cc1sc(NS(=O)(=O)c2ccccc2)c(C#N)c1C. The Hall–Kier alpha value is -1.84. The number of nitriles is 1. The van der Waals surface area contributed by atoms with E-state index in [1.807, 2.05) is 19.9 Å². The van der Waals surface area contributed by atoms with Gasteiger partial charge in [0.2, 0.25) is 0 Å². The van der Waals surface area contributed by atoms with Gasteiger partial charge in [-0.2, -0.15) is 5.26 Å². The molecule has 1 N–H and O–H groups in total. The first-order valence-electron chi connectivity index (χ1n) is 5.53. The zero-order valence-electron chi connectivity index (χ0n) is 10.5. The minimum absolute atomic E-state index is 0.183. The lowest BCUT2D eigenvalue weighted by atomic mass is 10.2. The van der Waals surface area contributed by atoms with Crippen molar-refractivity contribution in [2.24, 2.45) is 0 Å². The van der Waals surface area contributed by atoms with E-state index in [0.717, 1.165) is 10.4 Å². The van der Waals surface area contributed by atoms with Gasteiger partial charge in [0, 0.05) is 4.88 Å². The molecule has 0 radical (unpaired) electrons. The summed E-state index contributed by atoms with van der Waals surface area (Å²) in [7, 11) is -3.64. The zero-order valence-corrected chi connectivity index (χ0v) is 12.1. The molecule has 0 bridgehead atoms. The van der Waals surface area contributed by atoms with Crippen molar-refractivity contribution in [2.75, 3.05) is 4.72 Å². The van der Waals surface area contributed by atoms with Crippen LogP contribution in [0.15, 0.2) is 35.2 Å². The van der Waals surface area contributed by atoms with E-state index >= 15 is 0 Å². The molecule has 1 aromatic heterocycles. The van der Waals surface area contributed by atoms with Crippen LogP contribution in [0.1, 0.15) is 16.0 Å². The van der Waals surface area contributed by atoms with Crippen LogP contribution in [0.25, 0.3) is 0 Å². The molecule has 0 aliphatic rings. The lowest BCUT2D eigenvalue weighted by Crippen LogP contribution is -2.12. The monoisotopic (exact) mass is 292 g/mol. The fourth-order valence-electron chi connectivity index (χ4n) is 1.61. The standard InChI is InChI=1S/C13H12N2O2S2/c1-9-10(2)18-13(12(9)8-14)15-19(16,17)11-6-4-3-5-7-11/h3-7,15H,1-2H3. The van der Waals surface area contributed by atoms with Crippen LogP contribution in [0.4, 0.5) is 5.00 Å². The maximum absolute atomic E-state index is 12.2. The van der Waals surface area contributed by atoms with E-state index in [-0.39, 0.29) is 4.90 Å². The van der Waals surface area contributed by atoms with Gasteiger partial charge in [-0.3, -0.25) is 4.72 Å². The van der Waals surface area contributed by atoms with Crippen molar-refractivity contribution in [3.05, 3.63) is 46.3 Å². The Bertz CT molecular complexity index is 741. The van der Waals surface area contributed by atoms with Crippen LogP contribution in [0, 0.1) is 25.2 Å². The maximum atomic E-state index is 12.2. The van der Waals surface area contributed by atoms with Gasteiger partial charge in [-0.15, -0.1) is 11.3 Å². The number of hydrogen-bond acceptors (Lipinski definition) is 4. The number of rotatable bonds is 3. The Morgan fingerprint density at radius 2 is 1.84 bits per heavy atom. The Balaban J connectivity index is 2.43. The Morgan fingerprint density at radius 1 is 1.21 bits per heavy atom. The fourth-order valence-corrected chi connectivity index (χ4v) is 3.95. The van der Waals surface area contributed by atoms with Gasteiger partial charge in [-0.1, -0.05) is 18.2 Å². The van der Waals surface area contributed by atoms with Crippen LogP contribution in [-0.2, 0) is 10.0 Å². The summed E-state index contributed by atoms with van der Waals surface area (Å²) in [5, 5.41) is 9.48. The summed E-state index contributed by atoms with van der Waals surface area (Å²) in [5.74, 6) is 0. The summed E-state index contributed by atoms with van der Waals surface area (Å²) >= 11 is 1.27. The smallest absolute Gasteiger partial charge is 0.262 e. The van der Waals surface area contributed by atoms with Crippen molar-refractivity contribution in [2.45, 2.75) is 18.7 Å². The van der Waals surface area contributed by atoms with Gasteiger partial charge in [0.15, 0.2) is 0 Å². The number of anilines is 1. The molecule has 2 rings (SSSR count). The summed E-state index contributed by atoms with van der Waals surface area (Å²) in [6, 6.07) is 10.1. The third kappa shape index (κ3) is 2.62. The van der Waals surface area contributed by atoms with Gasteiger partial charge in [0.25, 0.3) is 10.0 Å². The van der Waals surface area contributed by atoms with E-state index < -0.39 is 10.0 Å². The van der Waals surface area contributed by atoms with E-state index in [1.165, 1.54) is 23.5 Å². The van der Waals surface area contributed by atoms with Crippen LogP contribution in [0.3, 0.4) is 0 Å². The molecule has 0 unspecified atom stereocenters. The first-order valence-corrected chi connectivity index (χ1v) is 7.83. The Morgan fingerprint density at radius 3 is 2.42 bits per heavy atom. The molecule has 0 amide bonds. The summed E-state index contributed by atoms with van der Waals surface area (Å²) in [4.78, 5) is 1.12. The lowest BCUT2D eigenvalue weighted by molar-refractivity contribution is 0.601. The van der Waals surface area contributed by atoms with E-state index in [4.69, 9.17) is 5.26 Å². The van der Waals surface area contributed by atoms with Crippen molar-refractivity contribution < 1.29 is 8.42 Å². The molecule has 98 valence electrons. The lowest BCUT2D eigenvalue weighted by Gasteiger charge is -2.06. The summed E-state index contributed by atoms with van der Waals surface area (Å²) in [6.45, 7) is 3.67. The Labute approximate surface area is 116 Å². The molecular weight excluding hydrogens is 280 g/mol. The van der Waals surface area contributed by atoms with E-state index in [0.29, 0.717) is 10.6 Å². The van der Waals surface area contributed by atoms with Gasteiger partial charge in [0.05, 0.1) is 10.5 Å². The average molecular weight is 292 g/mol. The van der Waals surface area contributed by atoms with Gasteiger partial charge in [-0.05, 0) is 31.5 Å². The second kappa shape index (κ2) is 5.03. The summed E-state index contributed by atoms with van der Waals surface area (Å²) < 4.78 is 26.8. The molecule has 2 aromatic rings. The van der Waals surface area contributed by atoms with E-state index in [1.54, 1.807) is 18.2 Å². The molecule has 0 saturated heterocycles. The number of aryl methyl sites for hydroxylation is 1. The fraction of sp³-hybridized carbons (Fsp3) is 0.154. The quantitative estimate of drug-likeness (QED) is 0.945. The van der Waals surface area contributed by atoms with Crippen LogP contribution in [-0.4, -0.2) is 8.42 Å². The highest BCUT2D eigenvalue weighted by Gasteiger charge is 2.19.